The van der Waals surface area contributed by atoms with E-state index in [0.717, 1.165) is 30.0 Å². The maximum Gasteiger partial charge on any atom is 0.228 e. The highest BCUT2D eigenvalue weighted by atomic mass is 35.5. The average Bonchev–Trinajstić information content (AvgIpc) is 3.48. The van der Waals surface area contributed by atoms with E-state index < -0.39 is 0 Å². The lowest BCUT2D eigenvalue weighted by Gasteiger charge is -2.22. The molecule has 0 aliphatic heterocycles. The third-order valence-electron chi connectivity index (χ3n) is 5.19. The van der Waals surface area contributed by atoms with Crippen molar-refractivity contribution < 1.29 is 9.59 Å². The first-order chi connectivity index (χ1) is 13.4. The molecule has 148 valence electrons. The Balaban J connectivity index is 1.59. The largest absolute Gasteiger partial charge is 0.372 e. The summed E-state index contributed by atoms with van der Waals surface area (Å²) in [4.78, 5) is 27.2. The molecule has 0 saturated heterocycles. The molecule has 1 fully saturated rings. The van der Waals surface area contributed by atoms with E-state index in [2.05, 4.69) is 35.4 Å². The minimum atomic E-state index is -0.313. The number of amides is 2. The fraction of sp³-hybridized carbons (Fsp3) is 0.364. The monoisotopic (exact) mass is 399 g/mol. The molecular weight excluding hydrogens is 374 g/mol. The summed E-state index contributed by atoms with van der Waals surface area (Å²) in [5.41, 5.74) is 3.51. The van der Waals surface area contributed by atoms with Crippen molar-refractivity contribution in [3.63, 3.8) is 0 Å². The number of carbonyl (C=O) groups is 2. The molecule has 0 heterocycles. The summed E-state index contributed by atoms with van der Waals surface area (Å²) < 4.78 is 0. The maximum atomic E-state index is 12.6. The zero-order valence-electron chi connectivity index (χ0n) is 16.5. The number of benzene rings is 2. The highest BCUT2D eigenvalue weighted by molar-refractivity contribution is 6.33. The van der Waals surface area contributed by atoms with Gasteiger partial charge in [-0.2, -0.15) is 0 Å². The molecule has 0 aromatic heterocycles. The molecule has 0 bridgehead atoms. The van der Waals surface area contributed by atoms with Gasteiger partial charge in [0.1, 0.15) is 0 Å². The normalized spacial score (nSPS) is 17.7. The Bertz CT molecular complexity index is 880. The van der Waals surface area contributed by atoms with Gasteiger partial charge in [0.2, 0.25) is 11.8 Å². The molecule has 6 heteroatoms. The Morgan fingerprint density at radius 3 is 2.18 bits per heavy atom. The third kappa shape index (κ3) is 4.47. The summed E-state index contributed by atoms with van der Waals surface area (Å²) in [5.74, 6) is -0.893. The molecule has 2 aromatic carbocycles. The van der Waals surface area contributed by atoms with Gasteiger partial charge in [-0.3, -0.25) is 9.59 Å². The second-order valence-electron chi connectivity index (χ2n) is 7.08. The zero-order chi connectivity index (χ0) is 20.3. The van der Waals surface area contributed by atoms with E-state index in [4.69, 9.17) is 11.6 Å². The van der Waals surface area contributed by atoms with Gasteiger partial charge < -0.3 is 15.5 Å². The molecule has 2 aromatic rings. The van der Waals surface area contributed by atoms with Gasteiger partial charge in [0.15, 0.2) is 0 Å². The van der Waals surface area contributed by atoms with Crippen molar-refractivity contribution in [1.82, 2.24) is 0 Å². The van der Waals surface area contributed by atoms with Gasteiger partial charge in [-0.25, -0.2) is 0 Å². The summed E-state index contributed by atoms with van der Waals surface area (Å²) in [6.45, 7) is 8.10. The predicted molar refractivity (Wildman–Crippen MR) is 115 cm³/mol. The number of carbonyl (C=O) groups excluding carboxylic acids is 2. The van der Waals surface area contributed by atoms with Crippen LogP contribution in [0.5, 0.6) is 0 Å². The Hall–Kier alpha value is -2.53. The van der Waals surface area contributed by atoms with Crippen LogP contribution in [-0.4, -0.2) is 24.9 Å². The van der Waals surface area contributed by atoms with Crippen molar-refractivity contribution >= 4 is 40.5 Å². The van der Waals surface area contributed by atoms with E-state index in [1.807, 2.05) is 25.1 Å². The van der Waals surface area contributed by atoms with Crippen molar-refractivity contribution in [3.8, 4) is 0 Å². The standard InChI is InChI=1S/C22H26ClN3O2/c1-4-26(5-2)15-10-11-19(14(3)12-15)24-21(27)16-13-17(16)22(28)25-20-9-7-6-8-18(20)23/h6-12,16-17H,4-5,13H2,1-3H3,(H,24,27)(H,25,28). The lowest BCUT2D eigenvalue weighted by atomic mass is 10.1. The number of nitrogens with zero attached hydrogens (tertiary/aromatic N) is 1. The summed E-state index contributed by atoms with van der Waals surface area (Å²) in [5, 5.41) is 6.27. The smallest absolute Gasteiger partial charge is 0.228 e. The molecule has 28 heavy (non-hydrogen) atoms. The molecular formula is C22H26ClN3O2. The molecule has 1 aliphatic rings. The highest BCUT2D eigenvalue weighted by Gasteiger charge is 2.48. The fourth-order valence-electron chi connectivity index (χ4n) is 3.36. The second-order valence-corrected chi connectivity index (χ2v) is 7.49. The highest BCUT2D eigenvalue weighted by Crippen LogP contribution is 2.41. The van der Waals surface area contributed by atoms with Crippen LogP contribution >= 0.6 is 11.6 Å². The van der Waals surface area contributed by atoms with E-state index in [1.54, 1.807) is 18.2 Å². The second kappa shape index (κ2) is 8.65. The van der Waals surface area contributed by atoms with Crippen molar-refractivity contribution in [2.45, 2.75) is 27.2 Å². The fourth-order valence-corrected chi connectivity index (χ4v) is 3.54. The molecule has 2 unspecified atom stereocenters. The van der Waals surface area contributed by atoms with E-state index in [1.165, 1.54) is 0 Å². The van der Waals surface area contributed by atoms with Gasteiger partial charge in [-0.1, -0.05) is 23.7 Å². The average molecular weight is 400 g/mol. The maximum absolute atomic E-state index is 12.6. The molecule has 2 amide bonds. The summed E-state index contributed by atoms with van der Waals surface area (Å²) in [7, 11) is 0. The minimum Gasteiger partial charge on any atom is -0.372 e. The zero-order valence-corrected chi connectivity index (χ0v) is 17.2. The van der Waals surface area contributed by atoms with Crippen molar-refractivity contribution in [2.24, 2.45) is 11.8 Å². The Morgan fingerprint density at radius 1 is 1.00 bits per heavy atom. The van der Waals surface area contributed by atoms with Crippen LogP contribution in [0, 0.1) is 18.8 Å². The molecule has 1 aliphatic carbocycles. The lowest BCUT2D eigenvalue weighted by Crippen LogP contribution is -2.22. The van der Waals surface area contributed by atoms with Crippen LogP contribution in [0.4, 0.5) is 17.1 Å². The van der Waals surface area contributed by atoms with Gasteiger partial charge in [0, 0.05) is 24.5 Å². The van der Waals surface area contributed by atoms with Crippen LogP contribution in [-0.2, 0) is 9.59 Å². The molecule has 2 N–H and O–H groups in total. The number of para-hydroxylation sites is 1. The number of hydrogen-bond donors (Lipinski definition) is 2. The van der Waals surface area contributed by atoms with E-state index in [0.29, 0.717) is 17.1 Å². The van der Waals surface area contributed by atoms with Gasteiger partial charge in [0.25, 0.3) is 0 Å². The Morgan fingerprint density at radius 2 is 1.61 bits per heavy atom. The van der Waals surface area contributed by atoms with Gasteiger partial charge in [-0.05, 0) is 63.1 Å². The van der Waals surface area contributed by atoms with E-state index >= 15 is 0 Å². The van der Waals surface area contributed by atoms with Crippen LogP contribution in [0.25, 0.3) is 0 Å². The first-order valence-corrected chi connectivity index (χ1v) is 10.0. The minimum absolute atomic E-state index is 0.113. The topological polar surface area (TPSA) is 61.4 Å². The van der Waals surface area contributed by atoms with E-state index in [9.17, 15) is 9.59 Å². The van der Waals surface area contributed by atoms with Gasteiger partial charge in [0.05, 0.1) is 22.5 Å². The third-order valence-corrected chi connectivity index (χ3v) is 5.52. The van der Waals surface area contributed by atoms with Gasteiger partial charge in [-0.15, -0.1) is 0 Å². The van der Waals surface area contributed by atoms with E-state index in [-0.39, 0.29) is 23.7 Å². The summed E-state index contributed by atoms with van der Waals surface area (Å²) in [6.07, 6.45) is 0.554. The summed E-state index contributed by atoms with van der Waals surface area (Å²) in [6, 6.07) is 13.1. The Kier molecular flexibility index (Phi) is 6.25. The van der Waals surface area contributed by atoms with Crippen LogP contribution in [0.3, 0.4) is 0 Å². The molecule has 1 saturated carbocycles. The first kappa shape index (κ1) is 20.2. The van der Waals surface area contributed by atoms with Crippen LogP contribution < -0.4 is 15.5 Å². The number of halogens is 1. The number of nitrogens with one attached hydrogen (secondary N) is 2. The molecule has 0 spiro atoms. The molecule has 3 rings (SSSR count). The number of aryl methyl sites for hydroxylation is 1. The molecule has 0 radical (unpaired) electrons. The summed E-state index contributed by atoms with van der Waals surface area (Å²) >= 11 is 6.08. The van der Waals surface area contributed by atoms with Crippen LogP contribution in [0.2, 0.25) is 5.02 Å². The van der Waals surface area contributed by atoms with Crippen LogP contribution in [0.1, 0.15) is 25.8 Å². The first-order valence-electron chi connectivity index (χ1n) is 9.66. The molecule has 5 nitrogen and oxygen atoms in total. The van der Waals surface area contributed by atoms with Gasteiger partial charge >= 0.3 is 0 Å². The lowest BCUT2D eigenvalue weighted by molar-refractivity contribution is -0.122. The molecule has 2 atom stereocenters. The SMILES string of the molecule is CCN(CC)c1ccc(NC(=O)C2CC2C(=O)Nc2ccccc2Cl)c(C)c1. The van der Waals surface area contributed by atoms with Crippen molar-refractivity contribution in [2.75, 3.05) is 28.6 Å². The van der Waals surface area contributed by atoms with Crippen molar-refractivity contribution in [1.29, 1.82) is 0 Å². The number of anilines is 3. The quantitative estimate of drug-likeness (QED) is 0.708. The predicted octanol–water partition coefficient (Wildman–Crippen LogP) is 4.71. The number of rotatable bonds is 7. The van der Waals surface area contributed by atoms with Crippen LogP contribution in [0.15, 0.2) is 42.5 Å². The Labute approximate surface area is 171 Å². The number of hydrogen-bond acceptors (Lipinski definition) is 3. The van der Waals surface area contributed by atoms with Crippen molar-refractivity contribution in [3.05, 3.63) is 53.1 Å².